The minimum atomic E-state index is -0.212. The normalized spacial score (nSPS) is 42.5. The SMILES string of the molecule is C=C(C)C(=O)OCC1CC2CC1C1CCCC21. The molecule has 2 heteroatoms. The molecule has 2 bridgehead atoms. The lowest BCUT2D eigenvalue weighted by Crippen LogP contribution is -2.28. The average molecular weight is 234 g/mol. The second-order valence-electron chi connectivity index (χ2n) is 6.29. The Balaban J connectivity index is 1.57. The molecule has 3 saturated carbocycles. The summed E-state index contributed by atoms with van der Waals surface area (Å²) in [5.41, 5.74) is 0.520. The molecule has 94 valence electrons. The molecule has 17 heavy (non-hydrogen) atoms. The highest BCUT2D eigenvalue weighted by Gasteiger charge is 2.53. The fraction of sp³-hybridized carbons (Fsp3) is 0.800. The van der Waals surface area contributed by atoms with E-state index in [2.05, 4.69) is 6.58 Å². The van der Waals surface area contributed by atoms with Gasteiger partial charge in [-0.3, -0.25) is 0 Å². The maximum atomic E-state index is 11.4. The number of esters is 1. The van der Waals surface area contributed by atoms with Crippen molar-refractivity contribution in [1.82, 2.24) is 0 Å². The molecule has 3 rings (SSSR count). The summed E-state index contributed by atoms with van der Waals surface area (Å²) in [7, 11) is 0. The highest BCUT2D eigenvalue weighted by Crippen LogP contribution is 2.60. The molecule has 2 nitrogen and oxygen atoms in total. The van der Waals surface area contributed by atoms with E-state index in [0.717, 1.165) is 23.7 Å². The van der Waals surface area contributed by atoms with Crippen molar-refractivity contribution in [3.63, 3.8) is 0 Å². The van der Waals surface area contributed by atoms with Crippen LogP contribution in [0.15, 0.2) is 12.2 Å². The third-order valence-corrected chi connectivity index (χ3v) is 5.34. The summed E-state index contributed by atoms with van der Waals surface area (Å²) >= 11 is 0. The Labute approximate surface area is 103 Å². The number of fused-ring (bicyclic) bond motifs is 5. The third-order valence-electron chi connectivity index (χ3n) is 5.34. The summed E-state index contributed by atoms with van der Waals surface area (Å²) in [6.07, 6.45) is 7.03. The van der Waals surface area contributed by atoms with Gasteiger partial charge in [0.15, 0.2) is 0 Å². The summed E-state index contributed by atoms with van der Waals surface area (Å²) in [5.74, 6) is 4.21. The molecule has 0 heterocycles. The summed E-state index contributed by atoms with van der Waals surface area (Å²) in [6.45, 7) is 5.98. The van der Waals surface area contributed by atoms with Crippen molar-refractivity contribution in [2.24, 2.45) is 29.6 Å². The van der Waals surface area contributed by atoms with E-state index in [1.54, 1.807) is 6.92 Å². The van der Waals surface area contributed by atoms with E-state index >= 15 is 0 Å². The zero-order valence-corrected chi connectivity index (χ0v) is 10.7. The minimum Gasteiger partial charge on any atom is -0.462 e. The molecular weight excluding hydrogens is 212 g/mol. The molecule has 3 fully saturated rings. The van der Waals surface area contributed by atoms with E-state index in [4.69, 9.17) is 4.74 Å². The van der Waals surface area contributed by atoms with Gasteiger partial charge in [0, 0.05) is 5.57 Å². The first-order chi connectivity index (χ1) is 8.16. The summed E-state index contributed by atoms with van der Waals surface area (Å²) in [6, 6.07) is 0. The lowest BCUT2D eigenvalue weighted by molar-refractivity contribution is -0.141. The first-order valence-electron chi connectivity index (χ1n) is 6.99. The predicted octanol–water partition coefficient (Wildman–Crippen LogP) is 3.18. The molecule has 0 spiro atoms. The van der Waals surface area contributed by atoms with E-state index in [-0.39, 0.29) is 5.97 Å². The van der Waals surface area contributed by atoms with Crippen LogP contribution in [0.3, 0.4) is 0 Å². The van der Waals surface area contributed by atoms with Crippen LogP contribution in [0.2, 0.25) is 0 Å². The Morgan fingerprint density at radius 3 is 2.76 bits per heavy atom. The van der Waals surface area contributed by atoms with Gasteiger partial charge in [0.1, 0.15) is 0 Å². The van der Waals surface area contributed by atoms with Crippen LogP contribution in [0.4, 0.5) is 0 Å². The molecule has 3 aliphatic rings. The number of hydrogen-bond donors (Lipinski definition) is 0. The van der Waals surface area contributed by atoms with Gasteiger partial charge >= 0.3 is 5.97 Å². The first kappa shape index (κ1) is 11.3. The Morgan fingerprint density at radius 1 is 1.24 bits per heavy atom. The highest BCUT2D eigenvalue weighted by molar-refractivity contribution is 5.86. The largest absolute Gasteiger partial charge is 0.462 e. The van der Waals surface area contributed by atoms with Crippen LogP contribution in [-0.2, 0) is 9.53 Å². The lowest BCUT2D eigenvalue weighted by Gasteiger charge is -2.31. The zero-order valence-electron chi connectivity index (χ0n) is 10.7. The van der Waals surface area contributed by atoms with Gasteiger partial charge in [0.05, 0.1) is 6.61 Å². The topological polar surface area (TPSA) is 26.3 Å². The van der Waals surface area contributed by atoms with Gasteiger partial charge in [-0.1, -0.05) is 13.0 Å². The summed E-state index contributed by atoms with van der Waals surface area (Å²) in [4.78, 5) is 11.4. The standard InChI is InChI=1S/C15H22O2/c1-9(2)15(16)17-8-11-6-10-7-14(11)13-5-3-4-12(10)13/h10-14H,1,3-8H2,2H3. The molecule has 0 radical (unpaired) electrons. The molecular formula is C15H22O2. The number of ether oxygens (including phenoxy) is 1. The third kappa shape index (κ3) is 1.82. The Hall–Kier alpha value is -0.790. The van der Waals surface area contributed by atoms with Crippen LogP contribution in [0.25, 0.3) is 0 Å². The molecule has 0 amide bonds. The van der Waals surface area contributed by atoms with Gasteiger partial charge in [-0.25, -0.2) is 4.79 Å². The van der Waals surface area contributed by atoms with Crippen molar-refractivity contribution in [3.05, 3.63) is 12.2 Å². The van der Waals surface area contributed by atoms with Crippen molar-refractivity contribution in [2.45, 2.75) is 39.0 Å². The Kier molecular flexibility index (Phi) is 2.76. The van der Waals surface area contributed by atoms with Crippen molar-refractivity contribution in [2.75, 3.05) is 6.61 Å². The zero-order chi connectivity index (χ0) is 12.0. The van der Waals surface area contributed by atoms with Crippen LogP contribution >= 0.6 is 0 Å². The maximum absolute atomic E-state index is 11.4. The van der Waals surface area contributed by atoms with Gasteiger partial charge in [-0.15, -0.1) is 0 Å². The first-order valence-corrected chi connectivity index (χ1v) is 6.99. The van der Waals surface area contributed by atoms with E-state index in [0.29, 0.717) is 18.1 Å². The number of carbonyl (C=O) groups is 1. The van der Waals surface area contributed by atoms with Crippen LogP contribution in [-0.4, -0.2) is 12.6 Å². The van der Waals surface area contributed by atoms with E-state index < -0.39 is 0 Å². The molecule has 0 aromatic heterocycles. The van der Waals surface area contributed by atoms with E-state index in [1.165, 1.54) is 32.1 Å². The van der Waals surface area contributed by atoms with Crippen LogP contribution in [0, 0.1) is 29.6 Å². The van der Waals surface area contributed by atoms with E-state index in [9.17, 15) is 4.79 Å². The number of hydrogen-bond acceptors (Lipinski definition) is 2. The fourth-order valence-electron chi connectivity index (χ4n) is 4.71. The van der Waals surface area contributed by atoms with Gasteiger partial charge in [-0.05, 0) is 62.2 Å². The Bertz CT molecular complexity index is 347. The molecule has 5 atom stereocenters. The monoisotopic (exact) mass is 234 g/mol. The van der Waals surface area contributed by atoms with Gasteiger partial charge in [-0.2, -0.15) is 0 Å². The summed E-state index contributed by atoms with van der Waals surface area (Å²) in [5, 5.41) is 0. The average Bonchev–Trinajstić information content (AvgIpc) is 2.96. The van der Waals surface area contributed by atoms with Crippen molar-refractivity contribution >= 4 is 5.97 Å². The highest BCUT2D eigenvalue weighted by atomic mass is 16.5. The van der Waals surface area contributed by atoms with Crippen LogP contribution in [0.1, 0.15) is 39.0 Å². The molecule has 0 saturated heterocycles. The molecule has 5 unspecified atom stereocenters. The molecule has 0 aromatic carbocycles. The van der Waals surface area contributed by atoms with Crippen molar-refractivity contribution < 1.29 is 9.53 Å². The summed E-state index contributed by atoms with van der Waals surface area (Å²) < 4.78 is 5.35. The van der Waals surface area contributed by atoms with Gasteiger partial charge in [0.25, 0.3) is 0 Å². The molecule has 0 aromatic rings. The fourth-order valence-corrected chi connectivity index (χ4v) is 4.71. The second kappa shape index (κ2) is 4.15. The van der Waals surface area contributed by atoms with Crippen LogP contribution in [0.5, 0.6) is 0 Å². The van der Waals surface area contributed by atoms with Crippen molar-refractivity contribution in [3.8, 4) is 0 Å². The number of rotatable bonds is 3. The predicted molar refractivity (Wildman–Crippen MR) is 66.3 cm³/mol. The quantitative estimate of drug-likeness (QED) is 0.554. The number of carbonyl (C=O) groups excluding carboxylic acids is 1. The second-order valence-corrected chi connectivity index (χ2v) is 6.29. The smallest absolute Gasteiger partial charge is 0.333 e. The Morgan fingerprint density at radius 2 is 2.00 bits per heavy atom. The lowest BCUT2D eigenvalue weighted by atomic mass is 9.76. The van der Waals surface area contributed by atoms with E-state index in [1.807, 2.05) is 0 Å². The van der Waals surface area contributed by atoms with Gasteiger partial charge < -0.3 is 4.74 Å². The maximum Gasteiger partial charge on any atom is 0.333 e. The minimum absolute atomic E-state index is 0.212. The molecule has 0 aliphatic heterocycles. The van der Waals surface area contributed by atoms with Crippen LogP contribution < -0.4 is 0 Å². The van der Waals surface area contributed by atoms with Crippen molar-refractivity contribution in [1.29, 1.82) is 0 Å². The molecule has 3 aliphatic carbocycles. The molecule has 0 N–H and O–H groups in total. The van der Waals surface area contributed by atoms with Gasteiger partial charge in [0.2, 0.25) is 0 Å².